The number of amidine groups is 1. The third kappa shape index (κ3) is 2.76. The Kier molecular flexibility index (Phi) is 4.12. The summed E-state index contributed by atoms with van der Waals surface area (Å²) in [6, 6.07) is 2.58. The number of nitrogens with two attached hydrogens (primary N) is 1. The minimum atomic E-state index is -3.59. The van der Waals surface area contributed by atoms with E-state index in [1.807, 2.05) is 6.92 Å². The summed E-state index contributed by atoms with van der Waals surface area (Å²) < 4.78 is 25.6. The van der Waals surface area contributed by atoms with Crippen LogP contribution in [0.2, 0.25) is 0 Å². The molecule has 3 N–H and O–H groups in total. The molecule has 0 saturated carbocycles. The van der Waals surface area contributed by atoms with E-state index in [9.17, 15) is 8.42 Å². The summed E-state index contributed by atoms with van der Waals surface area (Å²) >= 11 is 1.19. The second kappa shape index (κ2) is 5.03. The highest BCUT2D eigenvalue weighted by atomic mass is 32.2. The molecule has 1 unspecified atom stereocenters. The monoisotopic (exact) mass is 277 g/mol. The average Bonchev–Trinajstić information content (AvgIpc) is 2.73. The summed E-state index contributed by atoms with van der Waals surface area (Å²) in [4.78, 5) is 0.911. The fourth-order valence-electron chi connectivity index (χ4n) is 1.17. The van der Waals surface area contributed by atoms with Crippen molar-refractivity contribution < 1.29 is 13.6 Å². The highest BCUT2D eigenvalue weighted by Gasteiger charge is 2.28. The Morgan fingerprint density at radius 3 is 2.59 bits per heavy atom. The molecule has 0 spiro atoms. The number of hydrogen-bond donors (Lipinski definition) is 2. The molecule has 17 heavy (non-hydrogen) atoms. The smallest absolute Gasteiger partial charge is 0.252 e. The highest BCUT2D eigenvalue weighted by Crippen LogP contribution is 2.24. The fraction of sp³-hybridized carbons (Fsp3) is 0.444. The number of aryl methyl sites for hydroxylation is 1. The van der Waals surface area contributed by atoms with Crippen LogP contribution in [-0.4, -0.2) is 36.9 Å². The van der Waals surface area contributed by atoms with Crippen LogP contribution in [0.15, 0.2) is 21.5 Å². The minimum absolute atomic E-state index is 0.149. The zero-order valence-corrected chi connectivity index (χ0v) is 11.4. The molecule has 96 valence electrons. The molecular formula is C9H15N3O3S2. The number of nitrogens with zero attached hydrogens (tertiary/aromatic N) is 2. The molecule has 1 aromatic rings. The molecule has 0 aromatic carbocycles. The zero-order chi connectivity index (χ0) is 13.2. The minimum Gasteiger partial charge on any atom is -0.409 e. The lowest BCUT2D eigenvalue weighted by molar-refractivity contribution is 0.311. The lowest BCUT2D eigenvalue weighted by Crippen LogP contribution is -2.43. The number of thiophene rings is 1. The Morgan fingerprint density at radius 2 is 2.18 bits per heavy atom. The van der Waals surface area contributed by atoms with E-state index in [1.165, 1.54) is 18.4 Å². The van der Waals surface area contributed by atoms with Crippen LogP contribution >= 0.6 is 11.3 Å². The Morgan fingerprint density at radius 1 is 1.59 bits per heavy atom. The van der Waals surface area contributed by atoms with Crippen LogP contribution in [0.1, 0.15) is 11.8 Å². The van der Waals surface area contributed by atoms with Gasteiger partial charge in [-0.25, -0.2) is 8.42 Å². The quantitative estimate of drug-likeness (QED) is 0.368. The van der Waals surface area contributed by atoms with E-state index in [0.29, 0.717) is 0 Å². The van der Waals surface area contributed by atoms with Crippen LogP contribution in [0.3, 0.4) is 0 Å². The van der Waals surface area contributed by atoms with Crippen molar-refractivity contribution in [1.29, 1.82) is 0 Å². The predicted molar refractivity (Wildman–Crippen MR) is 66.9 cm³/mol. The second-order valence-corrected chi connectivity index (χ2v) is 7.10. The summed E-state index contributed by atoms with van der Waals surface area (Å²) in [5.41, 5.74) is 5.39. The number of likely N-dealkylation sites (N-methyl/N-ethyl adjacent to an activating group) is 1. The van der Waals surface area contributed by atoms with E-state index in [4.69, 9.17) is 10.9 Å². The molecule has 6 nitrogen and oxygen atoms in total. The standard InChI is InChI=1S/C9H15N3O3S2/c1-6-4-5-8(16-6)17(14,15)12(3)7(2)9(10)11-13/h4-5,7,13H,1-3H3,(H2,10,11). The van der Waals surface area contributed by atoms with E-state index in [2.05, 4.69) is 5.16 Å². The van der Waals surface area contributed by atoms with Crippen LogP contribution in [0, 0.1) is 6.92 Å². The molecule has 0 saturated heterocycles. The topological polar surface area (TPSA) is 96.0 Å². The van der Waals surface area contributed by atoms with E-state index in [-0.39, 0.29) is 10.0 Å². The number of hydrogen-bond acceptors (Lipinski definition) is 5. The van der Waals surface area contributed by atoms with Gasteiger partial charge in [-0.2, -0.15) is 4.31 Å². The van der Waals surface area contributed by atoms with E-state index in [0.717, 1.165) is 9.18 Å². The van der Waals surface area contributed by atoms with Gasteiger partial charge in [0.05, 0.1) is 6.04 Å². The predicted octanol–water partition coefficient (Wildman–Crippen LogP) is 0.812. The van der Waals surface area contributed by atoms with Crippen molar-refractivity contribution >= 4 is 27.2 Å². The largest absolute Gasteiger partial charge is 0.409 e. The summed E-state index contributed by atoms with van der Waals surface area (Å²) in [5.74, 6) is -0.149. The summed E-state index contributed by atoms with van der Waals surface area (Å²) in [5, 5.41) is 11.4. The van der Waals surface area contributed by atoms with Crippen LogP contribution in [-0.2, 0) is 10.0 Å². The molecule has 0 fully saturated rings. The van der Waals surface area contributed by atoms with Gasteiger partial charge in [0, 0.05) is 11.9 Å². The van der Waals surface area contributed by atoms with E-state index >= 15 is 0 Å². The van der Waals surface area contributed by atoms with Crippen LogP contribution in [0.25, 0.3) is 0 Å². The average molecular weight is 277 g/mol. The number of sulfonamides is 1. The van der Waals surface area contributed by atoms with Gasteiger partial charge in [0.15, 0.2) is 5.84 Å². The molecule has 0 radical (unpaired) electrons. The van der Waals surface area contributed by atoms with Crippen molar-refractivity contribution in [2.24, 2.45) is 10.9 Å². The highest BCUT2D eigenvalue weighted by molar-refractivity contribution is 7.91. The molecule has 0 aliphatic heterocycles. The van der Waals surface area contributed by atoms with Crippen molar-refractivity contribution in [3.63, 3.8) is 0 Å². The maximum Gasteiger partial charge on any atom is 0.252 e. The molecule has 0 aliphatic carbocycles. The Labute approximate surface area is 104 Å². The van der Waals surface area contributed by atoms with Crippen molar-refractivity contribution in [2.45, 2.75) is 24.1 Å². The Bertz CT molecular complexity index is 521. The first-order chi connectivity index (χ1) is 7.80. The van der Waals surface area contributed by atoms with Gasteiger partial charge in [0.25, 0.3) is 10.0 Å². The molecule has 1 atom stereocenters. The van der Waals surface area contributed by atoms with Gasteiger partial charge in [-0.05, 0) is 26.0 Å². The number of oxime groups is 1. The molecule has 8 heteroatoms. The third-order valence-corrected chi connectivity index (χ3v) is 5.83. The summed E-state index contributed by atoms with van der Waals surface area (Å²) in [6.45, 7) is 3.38. The summed E-state index contributed by atoms with van der Waals surface area (Å²) in [7, 11) is -2.20. The molecule has 0 bridgehead atoms. The molecule has 1 heterocycles. The van der Waals surface area contributed by atoms with E-state index in [1.54, 1.807) is 19.1 Å². The molecular weight excluding hydrogens is 262 g/mol. The van der Waals surface area contributed by atoms with Crippen LogP contribution < -0.4 is 5.73 Å². The first-order valence-corrected chi connectivity index (χ1v) is 7.08. The summed E-state index contributed by atoms with van der Waals surface area (Å²) in [6.07, 6.45) is 0. The second-order valence-electron chi connectivity index (χ2n) is 3.59. The van der Waals surface area contributed by atoms with Gasteiger partial charge in [-0.15, -0.1) is 11.3 Å². The van der Waals surface area contributed by atoms with Gasteiger partial charge in [0.1, 0.15) is 4.21 Å². The Balaban J connectivity index is 3.07. The van der Waals surface area contributed by atoms with Crippen LogP contribution in [0.5, 0.6) is 0 Å². The fourth-order valence-corrected chi connectivity index (χ4v) is 3.98. The SMILES string of the molecule is Cc1ccc(S(=O)(=O)N(C)C(C)C(N)=NO)s1. The van der Waals surface area contributed by atoms with Gasteiger partial charge >= 0.3 is 0 Å². The van der Waals surface area contributed by atoms with Gasteiger partial charge in [-0.1, -0.05) is 5.16 Å². The maximum absolute atomic E-state index is 12.2. The third-order valence-electron chi connectivity index (χ3n) is 2.44. The Hall–Kier alpha value is -1.12. The van der Waals surface area contributed by atoms with Crippen molar-refractivity contribution in [1.82, 2.24) is 4.31 Å². The van der Waals surface area contributed by atoms with Crippen LogP contribution in [0.4, 0.5) is 0 Å². The van der Waals surface area contributed by atoms with E-state index < -0.39 is 16.1 Å². The van der Waals surface area contributed by atoms with Crippen molar-refractivity contribution in [3.05, 3.63) is 17.0 Å². The maximum atomic E-state index is 12.2. The van der Waals surface area contributed by atoms with Gasteiger partial charge < -0.3 is 10.9 Å². The molecule has 1 rings (SSSR count). The molecule has 1 aromatic heterocycles. The molecule has 0 amide bonds. The zero-order valence-electron chi connectivity index (χ0n) is 9.78. The number of rotatable bonds is 4. The lowest BCUT2D eigenvalue weighted by Gasteiger charge is -2.22. The van der Waals surface area contributed by atoms with Gasteiger partial charge in [-0.3, -0.25) is 0 Å². The van der Waals surface area contributed by atoms with Crippen molar-refractivity contribution in [3.8, 4) is 0 Å². The first kappa shape index (κ1) is 13.9. The van der Waals surface area contributed by atoms with Crippen molar-refractivity contribution in [2.75, 3.05) is 7.05 Å². The molecule has 0 aliphatic rings. The lowest BCUT2D eigenvalue weighted by atomic mass is 10.3. The normalized spacial score (nSPS) is 15.2. The first-order valence-electron chi connectivity index (χ1n) is 4.82. The van der Waals surface area contributed by atoms with Gasteiger partial charge in [0.2, 0.25) is 0 Å².